The molecule has 1 heterocycles. The van der Waals surface area contributed by atoms with E-state index in [1.165, 1.54) is 31.4 Å². The number of benzene rings is 2. The summed E-state index contributed by atoms with van der Waals surface area (Å²) in [7, 11) is 1.28. The lowest BCUT2D eigenvalue weighted by Gasteiger charge is -2.10. The van der Waals surface area contributed by atoms with Crippen LogP contribution in [0.3, 0.4) is 0 Å². The lowest BCUT2D eigenvalue weighted by atomic mass is 10.1. The van der Waals surface area contributed by atoms with E-state index in [9.17, 15) is 14.4 Å². The predicted molar refractivity (Wildman–Crippen MR) is 103 cm³/mol. The van der Waals surface area contributed by atoms with Gasteiger partial charge in [-0.15, -0.1) is 0 Å². The fourth-order valence-corrected chi connectivity index (χ4v) is 2.83. The van der Waals surface area contributed by atoms with E-state index < -0.39 is 11.9 Å². The molecule has 3 aromatic rings. The predicted octanol–water partition coefficient (Wildman–Crippen LogP) is 1.85. The standard InChI is InChI=1S/C20H20N4O4/c1-3-17-21-15-6-4-5-7-16(15)24(17)12-18(25)22-23-19(26)13-8-10-14(11-9-13)20(27)28-2/h4-11H,3,12H2,1-2H3,(H,22,25)(H,23,26). The molecule has 2 aromatic carbocycles. The monoisotopic (exact) mass is 380 g/mol. The summed E-state index contributed by atoms with van der Waals surface area (Å²) in [6.07, 6.45) is 0.681. The number of hydrogen-bond acceptors (Lipinski definition) is 5. The molecule has 8 nitrogen and oxygen atoms in total. The number of carbonyl (C=O) groups excluding carboxylic acids is 3. The van der Waals surface area contributed by atoms with E-state index in [0.717, 1.165) is 16.9 Å². The van der Waals surface area contributed by atoms with Crippen molar-refractivity contribution < 1.29 is 19.1 Å². The van der Waals surface area contributed by atoms with Crippen molar-refractivity contribution in [2.75, 3.05) is 7.11 Å². The molecular formula is C20H20N4O4. The number of nitrogens with zero attached hydrogens (tertiary/aromatic N) is 2. The number of fused-ring (bicyclic) bond motifs is 1. The molecule has 144 valence electrons. The third-order valence-corrected chi connectivity index (χ3v) is 4.24. The van der Waals surface area contributed by atoms with E-state index in [2.05, 4.69) is 20.6 Å². The van der Waals surface area contributed by atoms with Crippen molar-refractivity contribution in [1.82, 2.24) is 20.4 Å². The largest absolute Gasteiger partial charge is 0.465 e. The summed E-state index contributed by atoms with van der Waals surface area (Å²) >= 11 is 0. The maximum absolute atomic E-state index is 12.3. The Morgan fingerprint density at radius 3 is 2.36 bits per heavy atom. The van der Waals surface area contributed by atoms with Crippen molar-refractivity contribution in [2.45, 2.75) is 19.9 Å². The molecule has 0 bridgehead atoms. The minimum Gasteiger partial charge on any atom is -0.465 e. The average molecular weight is 380 g/mol. The van der Waals surface area contributed by atoms with Crippen LogP contribution in [0, 0.1) is 0 Å². The minimum absolute atomic E-state index is 0.0330. The quantitative estimate of drug-likeness (QED) is 0.519. The number of imidazole rings is 1. The van der Waals surface area contributed by atoms with Crippen molar-refractivity contribution in [1.29, 1.82) is 0 Å². The number of amides is 2. The highest BCUT2D eigenvalue weighted by molar-refractivity contribution is 5.97. The Morgan fingerprint density at radius 2 is 1.68 bits per heavy atom. The van der Waals surface area contributed by atoms with Gasteiger partial charge in [0.15, 0.2) is 0 Å². The second kappa shape index (κ2) is 8.34. The molecule has 0 atom stereocenters. The number of aryl methyl sites for hydroxylation is 1. The van der Waals surface area contributed by atoms with Crippen LogP contribution in [0.15, 0.2) is 48.5 Å². The van der Waals surface area contributed by atoms with Gasteiger partial charge in [-0.3, -0.25) is 20.4 Å². The summed E-state index contributed by atoms with van der Waals surface area (Å²) in [4.78, 5) is 40.4. The minimum atomic E-state index is -0.490. The van der Waals surface area contributed by atoms with Gasteiger partial charge in [-0.05, 0) is 36.4 Å². The van der Waals surface area contributed by atoms with Gasteiger partial charge in [-0.2, -0.15) is 0 Å². The normalized spacial score (nSPS) is 10.5. The van der Waals surface area contributed by atoms with Crippen molar-refractivity contribution in [3.63, 3.8) is 0 Å². The van der Waals surface area contributed by atoms with Crippen molar-refractivity contribution in [2.24, 2.45) is 0 Å². The molecule has 0 aliphatic rings. The van der Waals surface area contributed by atoms with Gasteiger partial charge in [0.05, 0.1) is 23.7 Å². The average Bonchev–Trinajstić information content (AvgIpc) is 3.09. The number of hydrogen-bond donors (Lipinski definition) is 2. The molecular weight excluding hydrogens is 360 g/mol. The van der Waals surface area contributed by atoms with Gasteiger partial charge in [0.1, 0.15) is 12.4 Å². The molecule has 0 saturated carbocycles. The first-order valence-corrected chi connectivity index (χ1v) is 8.75. The number of para-hydroxylation sites is 2. The van der Waals surface area contributed by atoms with Gasteiger partial charge in [0, 0.05) is 12.0 Å². The van der Waals surface area contributed by atoms with Crippen LogP contribution in [0.25, 0.3) is 11.0 Å². The molecule has 0 spiro atoms. The first kappa shape index (κ1) is 19.1. The van der Waals surface area contributed by atoms with E-state index in [1.54, 1.807) is 0 Å². The highest BCUT2D eigenvalue weighted by Gasteiger charge is 2.14. The number of hydrazine groups is 1. The maximum Gasteiger partial charge on any atom is 0.337 e. The number of ether oxygens (including phenoxy) is 1. The molecule has 0 aliphatic carbocycles. The van der Waals surface area contributed by atoms with Crippen LogP contribution >= 0.6 is 0 Å². The van der Waals surface area contributed by atoms with Crippen LogP contribution in [-0.2, 0) is 22.5 Å². The number of aromatic nitrogens is 2. The maximum atomic E-state index is 12.3. The molecule has 0 aliphatic heterocycles. The number of methoxy groups -OCH3 is 1. The van der Waals surface area contributed by atoms with Crippen molar-refractivity contribution in [3.8, 4) is 0 Å². The zero-order chi connectivity index (χ0) is 20.1. The Bertz CT molecular complexity index is 1020. The Balaban J connectivity index is 1.63. The molecule has 0 unspecified atom stereocenters. The Kier molecular flexibility index (Phi) is 5.69. The fourth-order valence-electron chi connectivity index (χ4n) is 2.83. The van der Waals surface area contributed by atoms with Crippen LogP contribution in [0.1, 0.15) is 33.5 Å². The van der Waals surface area contributed by atoms with Crippen LogP contribution in [0.4, 0.5) is 0 Å². The summed E-state index contributed by atoms with van der Waals surface area (Å²) < 4.78 is 6.43. The second-order valence-corrected chi connectivity index (χ2v) is 6.03. The van der Waals surface area contributed by atoms with Gasteiger partial charge in [0.25, 0.3) is 11.8 Å². The molecule has 28 heavy (non-hydrogen) atoms. The Morgan fingerprint density at radius 1 is 1.00 bits per heavy atom. The lowest BCUT2D eigenvalue weighted by Crippen LogP contribution is -2.43. The van der Waals surface area contributed by atoms with Crippen LogP contribution in [0.5, 0.6) is 0 Å². The highest BCUT2D eigenvalue weighted by Crippen LogP contribution is 2.16. The summed E-state index contributed by atoms with van der Waals surface area (Å²) in [5.74, 6) is -0.561. The lowest BCUT2D eigenvalue weighted by molar-refractivity contribution is -0.122. The third-order valence-electron chi connectivity index (χ3n) is 4.24. The van der Waals surface area contributed by atoms with Crippen molar-refractivity contribution >= 4 is 28.8 Å². The van der Waals surface area contributed by atoms with Gasteiger partial charge < -0.3 is 9.30 Å². The van der Waals surface area contributed by atoms with E-state index in [1.807, 2.05) is 35.8 Å². The summed E-state index contributed by atoms with van der Waals surface area (Å²) in [6, 6.07) is 13.5. The van der Waals surface area contributed by atoms with E-state index in [4.69, 9.17) is 0 Å². The van der Waals surface area contributed by atoms with Gasteiger partial charge >= 0.3 is 5.97 Å². The Hall–Kier alpha value is -3.68. The summed E-state index contributed by atoms with van der Waals surface area (Å²) in [5, 5.41) is 0. The molecule has 8 heteroatoms. The molecule has 1 aromatic heterocycles. The zero-order valence-electron chi connectivity index (χ0n) is 15.6. The molecule has 0 saturated heterocycles. The smallest absolute Gasteiger partial charge is 0.337 e. The van der Waals surface area contributed by atoms with Crippen molar-refractivity contribution in [3.05, 3.63) is 65.5 Å². The van der Waals surface area contributed by atoms with Crippen LogP contribution in [0.2, 0.25) is 0 Å². The SMILES string of the molecule is CCc1nc2ccccc2n1CC(=O)NNC(=O)c1ccc(C(=O)OC)cc1. The molecule has 3 rings (SSSR count). The number of esters is 1. The third kappa shape index (κ3) is 4.01. The van der Waals surface area contributed by atoms with E-state index in [0.29, 0.717) is 17.5 Å². The number of rotatable bonds is 5. The molecule has 0 fully saturated rings. The number of nitrogens with one attached hydrogen (secondary N) is 2. The van der Waals surface area contributed by atoms with Gasteiger partial charge in [0.2, 0.25) is 0 Å². The zero-order valence-corrected chi connectivity index (χ0v) is 15.6. The summed E-state index contributed by atoms with van der Waals surface area (Å²) in [6.45, 7) is 2.00. The van der Waals surface area contributed by atoms with Crippen LogP contribution < -0.4 is 10.9 Å². The van der Waals surface area contributed by atoms with E-state index in [-0.39, 0.29) is 12.5 Å². The van der Waals surface area contributed by atoms with Gasteiger partial charge in [-0.1, -0.05) is 19.1 Å². The van der Waals surface area contributed by atoms with Gasteiger partial charge in [-0.25, -0.2) is 9.78 Å². The Labute approximate surface area is 161 Å². The topological polar surface area (TPSA) is 102 Å². The fraction of sp³-hybridized carbons (Fsp3) is 0.200. The second-order valence-electron chi connectivity index (χ2n) is 6.03. The molecule has 0 radical (unpaired) electrons. The molecule has 2 amide bonds. The first-order chi connectivity index (χ1) is 13.5. The first-order valence-electron chi connectivity index (χ1n) is 8.75. The highest BCUT2D eigenvalue weighted by atomic mass is 16.5. The van der Waals surface area contributed by atoms with E-state index >= 15 is 0 Å². The molecule has 2 N–H and O–H groups in total. The van der Waals surface area contributed by atoms with Crippen LogP contribution in [-0.4, -0.2) is 34.4 Å². The number of carbonyl (C=O) groups is 3. The summed E-state index contributed by atoms with van der Waals surface area (Å²) in [5.41, 5.74) is 7.09.